The quantitative estimate of drug-likeness (QED) is 0.758. The highest BCUT2D eigenvalue weighted by atomic mass is 16.4. The molecule has 3 rings (SSSR count). The van der Waals surface area contributed by atoms with Gasteiger partial charge in [-0.3, -0.25) is 14.2 Å². The predicted octanol–water partition coefficient (Wildman–Crippen LogP) is 4.20. The zero-order valence-electron chi connectivity index (χ0n) is 17.6. The van der Waals surface area contributed by atoms with Gasteiger partial charge in [0.1, 0.15) is 0 Å². The maximum absolute atomic E-state index is 13.6. The van der Waals surface area contributed by atoms with Crippen LogP contribution in [-0.4, -0.2) is 33.7 Å². The summed E-state index contributed by atoms with van der Waals surface area (Å²) in [7, 11) is 0. The second-order valence-corrected chi connectivity index (χ2v) is 7.82. The van der Waals surface area contributed by atoms with Gasteiger partial charge in [-0.2, -0.15) is 0 Å². The zero-order chi connectivity index (χ0) is 21.0. The number of carboxylic acid groups (broad SMARTS) is 1. The Bertz CT molecular complexity index is 912. The summed E-state index contributed by atoms with van der Waals surface area (Å²) in [5.41, 5.74) is 2.51. The van der Waals surface area contributed by atoms with E-state index in [0.29, 0.717) is 36.6 Å². The third kappa shape index (κ3) is 4.36. The molecule has 0 amide bonds. The molecule has 1 atom stereocenters. The molecule has 0 bridgehead atoms. The Labute approximate surface area is 172 Å². The molecule has 1 aromatic heterocycles. The Hall–Kier alpha value is -2.63. The van der Waals surface area contributed by atoms with E-state index in [2.05, 4.69) is 4.90 Å². The molecule has 156 valence electrons. The zero-order valence-corrected chi connectivity index (χ0v) is 17.6. The van der Waals surface area contributed by atoms with Crippen LogP contribution in [0.25, 0.3) is 11.3 Å². The fourth-order valence-corrected chi connectivity index (χ4v) is 4.10. The van der Waals surface area contributed by atoms with E-state index in [4.69, 9.17) is 4.98 Å². The lowest BCUT2D eigenvalue weighted by Crippen LogP contribution is -2.38. The van der Waals surface area contributed by atoms with Crippen molar-refractivity contribution in [1.29, 1.82) is 0 Å². The number of aliphatic carboxylic acids is 1. The normalized spacial score (nSPS) is 15.3. The summed E-state index contributed by atoms with van der Waals surface area (Å²) in [6, 6.07) is 7.81. The van der Waals surface area contributed by atoms with E-state index in [1.54, 1.807) is 4.57 Å². The maximum atomic E-state index is 13.6. The fourth-order valence-electron chi connectivity index (χ4n) is 4.10. The third-order valence-electron chi connectivity index (χ3n) is 5.69. The minimum Gasteiger partial charge on any atom is -0.481 e. The standard InChI is InChI=1S/C23H31N3O3/c1-4-9-18(22(28)29)19-20(17-12-10-16(3)11-13-17)24-23(26(5-2)21(19)27)25-14-7-6-8-15-25/h10-13,18H,4-9,14-15H2,1-3H3,(H,28,29). The molecule has 1 aromatic carbocycles. The minimum atomic E-state index is -0.965. The lowest BCUT2D eigenvalue weighted by Gasteiger charge is -2.31. The van der Waals surface area contributed by atoms with Gasteiger partial charge in [0, 0.05) is 25.2 Å². The molecule has 1 aliphatic rings. The second-order valence-electron chi connectivity index (χ2n) is 7.82. The summed E-state index contributed by atoms with van der Waals surface area (Å²) in [5, 5.41) is 9.89. The average molecular weight is 398 g/mol. The maximum Gasteiger partial charge on any atom is 0.311 e. The first kappa shape index (κ1) is 21.1. The first-order valence-corrected chi connectivity index (χ1v) is 10.7. The largest absolute Gasteiger partial charge is 0.481 e. The Morgan fingerprint density at radius 3 is 2.34 bits per heavy atom. The van der Waals surface area contributed by atoms with Crippen molar-refractivity contribution in [2.75, 3.05) is 18.0 Å². The molecule has 1 aliphatic heterocycles. The van der Waals surface area contributed by atoms with Crippen molar-refractivity contribution >= 4 is 11.9 Å². The molecular weight excluding hydrogens is 366 g/mol. The van der Waals surface area contributed by atoms with Gasteiger partial charge < -0.3 is 10.0 Å². The van der Waals surface area contributed by atoms with E-state index in [9.17, 15) is 14.7 Å². The van der Waals surface area contributed by atoms with Crippen LogP contribution in [0, 0.1) is 6.92 Å². The first-order valence-electron chi connectivity index (χ1n) is 10.7. The van der Waals surface area contributed by atoms with Crippen LogP contribution in [0.3, 0.4) is 0 Å². The first-order chi connectivity index (χ1) is 14.0. The lowest BCUT2D eigenvalue weighted by molar-refractivity contribution is -0.139. The number of anilines is 1. The highest BCUT2D eigenvalue weighted by molar-refractivity contribution is 5.80. The van der Waals surface area contributed by atoms with Gasteiger partial charge in [0.15, 0.2) is 0 Å². The smallest absolute Gasteiger partial charge is 0.311 e. The Morgan fingerprint density at radius 2 is 1.79 bits per heavy atom. The van der Waals surface area contributed by atoms with Gasteiger partial charge in [0.05, 0.1) is 17.2 Å². The number of hydrogen-bond donors (Lipinski definition) is 1. The van der Waals surface area contributed by atoms with Crippen molar-refractivity contribution in [3.63, 3.8) is 0 Å². The molecular formula is C23H31N3O3. The van der Waals surface area contributed by atoms with Crippen molar-refractivity contribution in [3.8, 4) is 11.3 Å². The second kappa shape index (κ2) is 9.25. The summed E-state index contributed by atoms with van der Waals surface area (Å²) >= 11 is 0. The highest BCUT2D eigenvalue weighted by Gasteiger charge is 2.30. The van der Waals surface area contributed by atoms with Gasteiger partial charge in [0.2, 0.25) is 5.95 Å². The van der Waals surface area contributed by atoms with Crippen LogP contribution in [0.4, 0.5) is 5.95 Å². The van der Waals surface area contributed by atoms with Gasteiger partial charge >= 0.3 is 5.97 Å². The molecule has 0 saturated carbocycles. The van der Waals surface area contributed by atoms with Crippen LogP contribution in [0.1, 0.15) is 63.0 Å². The number of aromatic nitrogens is 2. The Morgan fingerprint density at radius 1 is 1.14 bits per heavy atom. The van der Waals surface area contributed by atoms with Gasteiger partial charge in [-0.1, -0.05) is 43.2 Å². The van der Waals surface area contributed by atoms with Crippen LogP contribution in [0.5, 0.6) is 0 Å². The third-order valence-corrected chi connectivity index (χ3v) is 5.69. The molecule has 0 spiro atoms. The number of hydrogen-bond acceptors (Lipinski definition) is 4. The molecule has 0 aliphatic carbocycles. The van der Waals surface area contributed by atoms with Gasteiger partial charge in [-0.25, -0.2) is 4.98 Å². The molecule has 0 radical (unpaired) electrons. The van der Waals surface area contributed by atoms with Crippen molar-refractivity contribution in [2.45, 2.75) is 65.3 Å². The van der Waals surface area contributed by atoms with Crippen LogP contribution < -0.4 is 10.5 Å². The molecule has 1 unspecified atom stereocenters. The monoisotopic (exact) mass is 397 g/mol. The lowest BCUT2D eigenvalue weighted by atomic mass is 9.91. The number of carbonyl (C=O) groups is 1. The van der Waals surface area contributed by atoms with E-state index in [1.807, 2.05) is 45.0 Å². The van der Waals surface area contributed by atoms with Crippen molar-refractivity contribution in [1.82, 2.24) is 9.55 Å². The fraction of sp³-hybridized carbons (Fsp3) is 0.522. The molecule has 6 nitrogen and oxygen atoms in total. The molecule has 2 aromatic rings. The number of rotatable bonds is 7. The van der Waals surface area contributed by atoms with Crippen LogP contribution in [-0.2, 0) is 11.3 Å². The van der Waals surface area contributed by atoms with Gasteiger partial charge in [-0.15, -0.1) is 0 Å². The summed E-state index contributed by atoms with van der Waals surface area (Å²) in [5.74, 6) is -1.16. The number of nitrogens with zero attached hydrogens (tertiary/aromatic N) is 3. The van der Waals surface area contributed by atoms with E-state index in [0.717, 1.165) is 37.1 Å². The average Bonchev–Trinajstić information content (AvgIpc) is 2.73. The van der Waals surface area contributed by atoms with Gasteiger partial charge in [-0.05, 0) is 39.5 Å². The van der Waals surface area contributed by atoms with Crippen molar-refractivity contribution in [2.24, 2.45) is 0 Å². The SMILES string of the molecule is CCCC(C(=O)O)c1c(-c2ccc(C)cc2)nc(N2CCCCC2)n(CC)c1=O. The number of carboxylic acids is 1. The van der Waals surface area contributed by atoms with E-state index >= 15 is 0 Å². The minimum absolute atomic E-state index is 0.223. The summed E-state index contributed by atoms with van der Waals surface area (Å²) in [4.78, 5) is 32.8. The van der Waals surface area contributed by atoms with Crippen molar-refractivity contribution < 1.29 is 9.90 Å². The number of piperidine rings is 1. The molecule has 2 heterocycles. The molecule has 1 N–H and O–H groups in total. The predicted molar refractivity (Wildman–Crippen MR) is 116 cm³/mol. The van der Waals surface area contributed by atoms with E-state index in [-0.39, 0.29) is 5.56 Å². The van der Waals surface area contributed by atoms with Crippen LogP contribution in [0.15, 0.2) is 29.1 Å². The van der Waals surface area contributed by atoms with Crippen molar-refractivity contribution in [3.05, 3.63) is 45.7 Å². The topological polar surface area (TPSA) is 75.4 Å². The Balaban J connectivity index is 2.28. The Kier molecular flexibility index (Phi) is 6.72. The number of benzene rings is 1. The summed E-state index contributed by atoms with van der Waals surface area (Å²) in [6.07, 6.45) is 4.44. The number of aryl methyl sites for hydroxylation is 1. The van der Waals surface area contributed by atoms with Crippen LogP contribution >= 0.6 is 0 Å². The van der Waals surface area contributed by atoms with E-state index < -0.39 is 11.9 Å². The molecule has 1 fully saturated rings. The highest BCUT2D eigenvalue weighted by Crippen LogP contribution is 2.31. The molecule has 29 heavy (non-hydrogen) atoms. The molecule has 1 saturated heterocycles. The molecule has 6 heteroatoms. The van der Waals surface area contributed by atoms with Gasteiger partial charge in [0.25, 0.3) is 5.56 Å². The van der Waals surface area contributed by atoms with E-state index in [1.165, 1.54) is 6.42 Å². The summed E-state index contributed by atoms with van der Waals surface area (Å²) in [6.45, 7) is 8.07. The van der Waals surface area contributed by atoms with Crippen LogP contribution in [0.2, 0.25) is 0 Å². The summed E-state index contributed by atoms with van der Waals surface area (Å²) < 4.78 is 1.66.